The second-order valence-corrected chi connectivity index (χ2v) is 7.45. The summed E-state index contributed by atoms with van der Waals surface area (Å²) in [6.07, 6.45) is 5.82. The van der Waals surface area contributed by atoms with Crippen LogP contribution in [-0.2, 0) is 0 Å². The molecule has 0 spiro atoms. The number of hydrogen-bond donors (Lipinski definition) is 1. The lowest BCUT2D eigenvalue weighted by molar-refractivity contribution is 1.17. The molecular formula is C22H28N2S. The van der Waals surface area contributed by atoms with Crippen molar-refractivity contribution in [1.29, 1.82) is 0 Å². The van der Waals surface area contributed by atoms with Gasteiger partial charge in [-0.15, -0.1) is 0 Å². The maximum Gasteiger partial charge on any atom is 0.0508 e. The summed E-state index contributed by atoms with van der Waals surface area (Å²) in [5, 5.41) is 0. The largest absolute Gasteiger partial charge is 0.331 e. The van der Waals surface area contributed by atoms with Gasteiger partial charge >= 0.3 is 0 Å². The van der Waals surface area contributed by atoms with Gasteiger partial charge in [-0.25, -0.2) is 0 Å². The first-order valence-electron chi connectivity index (χ1n) is 8.49. The van der Waals surface area contributed by atoms with E-state index in [9.17, 15) is 0 Å². The van der Waals surface area contributed by atoms with E-state index in [1.54, 1.807) is 11.9 Å². The summed E-state index contributed by atoms with van der Waals surface area (Å²) >= 11 is 1.64. The molecule has 0 bridgehead atoms. The quantitative estimate of drug-likeness (QED) is 0.618. The van der Waals surface area contributed by atoms with Crippen molar-refractivity contribution in [2.75, 3.05) is 4.90 Å². The van der Waals surface area contributed by atoms with Crippen molar-refractivity contribution < 1.29 is 0 Å². The number of hydrogen-bond acceptors (Lipinski definition) is 3. The molecule has 0 heterocycles. The summed E-state index contributed by atoms with van der Waals surface area (Å²) in [6.45, 7) is 16.8. The molecule has 132 valence electrons. The molecule has 3 heteroatoms. The van der Waals surface area contributed by atoms with Gasteiger partial charge in [0.25, 0.3) is 0 Å². The zero-order chi connectivity index (χ0) is 18.6. The minimum Gasteiger partial charge on any atom is -0.331 e. The first-order chi connectivity index (χ1) is 11.8. The second-order valence-electron chi connectivity index (χ2n) is 6.60. The van der Waals surface area contributed by atoms with Crippen molar-refractivity contribution in [2.24, 2.45) is 0 Å². The highest BCUT2D eigenvalue weighted by atomic mass is 32.2. The molecule has 0 fully saturated rings. The van der Waals surface area contributed by atoms with E-state index >= 15 is 0 Å². The first kappa shape index (κ1) is 19.2. The molecular weight excluding hydrogens is 324 g/mol. The fourth-order valence-corrected chi connectivity index (χ4v) is 4.02. The van der Waals surface area contributed by atoms with Gasteiger partial charge in [-0.3, -0.25) is 0 Å². The van der Waals surface area contributed by atoms with E-state index < -0.39 is 0 Å². The van der Waals surface area contributed by atoms with Gasteiger partial charge in [0, 0.05) is 23.5 Å². The fraction of sp³-hybridized carbons (Fsp3) is 0.273. The summed E-state index contributed by atoms with van der Waals surface area (Å²) in [6, 6.07) is 8.84. The molecule has 0 saturated heterocycles. The van der Waals surface area contributed by atoms with E-state index in [4.69, 9.17) is 0 Å². The Labute approximate surface area is 156 Å². The van der Waals surface area contributed by atoms with Gasteiger partial charge in [0.1, 0.15) is 0 Å². The van der Waals surface area contributed by atoms with Crippen LogP contribution >= 0.6 is 11.9 Å². The van der Waals surface area contributed by atoms with E-state index in [-0.39, 0.29) is 0 Å². The van der Waals surface area contributed by atoms with Gasteiger partial charge in [-0.05, 0) is 75.7 Å². The summed E-state index contributed by atoms with van der Waals surface area (Å²) < 4.78 is 3.33. The molecule has 0 aromatic heterocycles. The predicted octanol–water partition coefficient (Wildman–Crippen LogP) is 6.26. The Hall–Kier alpha value is -2.13. The monoisotopic (exact) mass is 352 g/mol. The number of nitrogens with one attached hydrogen (secondary N) is 1. The molecule has 2 rings (SSSR count). The van der Waals surface area contributed by atoms with Crippen LogP contribution < -0.4 is 9.62 Å². The van der Waals surface area contributed by atoms with Crippen molar-refractivity contribution in [2.45, 2.75) is 46.4 Å². The normalized spacial score (nSPS) is 11.0. The highest BCUT2D eigenvalue weighted by molar-refractivity contribution is 7.97. The Bertz CT molecular complexity index is 760. The van der Waals surface area contributed by atoms with E-state index in [0.29, 0.717) is 0 Å². The molecule has 2 aromatic carbocycles. The van der Waals surface area contributed by atoms with Gasteiger partial charge in [-0.2, -0.15) is 0 Å². The minimum absolute atomic E-state index is 1.19. The lowest BCUT2D eigenvalue weighted by Gasteiger charge is -2.21. The minimum atomic E-state index is 1.19. The number of rotatable bonds is 6. The summed E-state index contributed by atoms with van der Waals surface area (Å²) in [5.41, 5.74) is 8.87. The average molecular weight is 353 g/mol. The van der Waals surface area contributed by atoms with Crippen molar-refractivity contribution >= 4 is 17.6 Å². The molecule has 0 atom stereocenters. The number of benzene rings is 2. The van der Waals surface area contributed by atoms with Gasteiger partial charge in [-0.1, -0.05) is 42.0 Å². The Morgan fingerprint density at radius 1 is 0.840 bits per heavy atom. The van der Waals surface area contributed by atoms with E-state index in [2.05, 4.69) is 82.0 Å². The standard InChI is InChI=1S/C22H28N2S/c1-8-24(21-17(4)11-15(2)12-18(21)5)10-9-23-25-22-19(6)13-16(3)14-20(22)7/h8-14,23H,1H2,2-7H3/b10-9-. The highest BCUT2D eigenvalue weighted by Crippen LogP contribution is 2.28. The second kappa shape index (κ2) is 8.30. The zero-order valence-corrected chi connectivity index (χ0v) is 16.9. The Kier molecular flexibility index (Phi) is 6.38. The lowest BCUT2D eigenvalue weighted by Crippen LogP contribution is -2.11. The van der Waals surface area contributed by atoms with Gasteiger partial charge in [0.15, 0.2) is 0 Å². The summed E-state index contributed by atoms with van der Waals surface area (Å²) in [4.78, 5) is 3.34. The molecule has 0 aliphatic carbocycles. The van der Waals surface area contributed by atoms with Crippen LogP contribution in [0, 0.1) is 41.5 Å². The molecule has 25 heavy (non-hydrogen) atoms. The third-order valence-electron chi connectivity index (χ3n) is 4.16. The maximum atomic E-state index is 3.96. The topological polar surface area (TPSA) is 15.3 Å². The summed E-state index contributed by atoms with van der Waals surface area (Å²) in [5.74, 6) is 0. The average Bonchev–Trinajstić information content (AvgIpc) is 2.50. The van der Waals surface area contributed by atoms with Crippen molar-refractivity contribution in [1.82, 2.24) is 4.72 Å². The SMILES string of the molecule is C=CN(/C=C\NSc1c(C)cc(C)cc1C)c1c(C)cc(C)cc1C. The molecule has 0 radical (unpaired) electrons. The van der Waals surface area contributed by atoms with E-state index in [1.165, 1.54) is 44.0 Å². The highest BCUT2D eigenvalue weighted by Gasteiger charge is 2.08. The Morgan fingerprint density at radius 2 is 1.32 bits per heavy atom. The van der Waals surface area contributed by atoms with E-state index in [0.717, 1.165) is 0 Å². The third-order valence-corrected chi connectivity index (χ3v) is 5.26. The molecule has 1 N–H and O–H groups in total. The van der Waals surface area contributed by atoms with Crippen LogP contribution in [0.25, 0.3) is 0 Å². The van der Waals surface area contributed by atoms with Gasteiger partial charge in [0.2, 0.25) is 0 Å². The Balaban J connectivity index is 2.12. The first-order valence-corrected chi connectivity index (χ1v) is 9.30. The van der Waals surface area contributed by atoms with Crippen LogP contribution in [0.4, 0.5) is 5.69 Å². The van der Waals surface area contributed by atoms with Gasteiger partial charge < -0.3 is 9.62 Å². The Morgan fingerprint density at radius 3 is 1.80 bits per heavy atom. The smallest absolute Gasteiger partial charge is 0.0508 e. The van der Waals surface area contributed by atoms with Gasteiger partial charge in [0.05, 0.1) is 5.69 Å². The van der Waals surface area contributed by atoms with Crippen molar-refractivity contribution in [3.05, 3.63) is 82.8 Å². The molecule has 0 saturated carbocycles. The number of anilines is 1. The number of aryl methyl sites for hydroxylation is 6. The molecule has 0 aliphatic heterocycles. The van der Waals surface area contributed by atoms with Crippen molar-refractivity contribution in [3.63, 3.8) is 0 Å². The molecule has 0 aliphatic rings. The molecule has 0 unspecified atom stereocenters. The number of nitrogens with zero attached hydrogens (tertiary/aromatic N) is 1. The summed E-state index contributed by atoms with van der Waals surface area (Å²) in [7, 11) is 0. The van der Waals surface area contributed by atoms with Crippen LogP contribution in [0.1, 0.15) is 33.4 Å². The maximum absolute atomic E-state index is 3.96. The molecule has 2 nitrogen and oxygen atoms in total. The molecule has 0 amide bonds. The van der Waals surface area contributed by atoms with Crippen LogP contribution in [0.15, 0.2) is 54.3 Å². The van der Waals surface area contributed by atoms with Crippen LogP contribution in [0.2, 0.25) is 0 Å². The van der Waals surface area contributed by atoms with Crippen LogP contribution in [0.3, 0.4) is 0 Å². The van der Waals surface area contributed by atoms with Crippen LogP contribution in [-0.4, -0.2) is 0 Å². The van der Waals surface area contributed by atoms with Crippen molar-refractivity contribution in [3.8, 4) is 0 Å². The fourth-order valence-electron chi connectivity index (χ4n) is 3.34. The van der Waals surface area contributed by atoms with E-state index in [1.807, 2.05) is 18.6 Å². The van der Waals surface area contributed by atoms with Crippen LogP contribution in [0.5, 0.6) is 0 Å². The third kappa shape index (κ3) is 4.70. The predicted molar refractivity (Wildman–Crippen MR) is 112 cm³/mol. The molecule has 2 aromatic rings. The zero-order valence-electron chi connectivity index (χ0n) is 16.1. The lowest BCUT2D eigenvalue weighted by atomic mass is 10.0.